The minimum Gasteiger partial charge on any atom is -0.309 e. The summed E-state index contributed by atoms with van der Waals surface area (Å²) in [5, 5.41) is 0. The van der Waals surface area contributed by atoms with Crippen molar-refractivity contribution in [2.75, 3.05) is 27.2 Å². The van der Waals surface area contributed by atoms with E-state index in [1.54, 1.807) is 4.31 Å². The van der Waals surface area contributed by atoms with Crippen LogP contribution in [0.3, 0.4) is 0 Å². The zero-order chi connectivity index (χ0) is 16.0. The minimum absolute atomic E-state index is 0.0862. The van der Waals surface area contributed by atoms with Gasteiger partial charge in [-0.15, -0.1) is 0 Å². The number of hydrogen-bond acceptors (Lipinski definition) is 3. The number of rotatable bonds is 7. The molecular weight excluding hydrogens is 296 g/mol. The van der Waals surface area contributed by atoms with Crippen LogP contribution in [0.25, 0.3) is 0 Å². The summed E-state index contributed by atoms with van der Waals surface area (Å²) >= 11 is 0. The first-order chi connectivity index (χ1) is 10.5. The van der Waals surface area contributed by atoms with E-state index < -0.39 is 10.0 Å². The van der Waals surface area contributed by atoms with E-state index in [1.165, 1.54) is 0 Å². The van der Waals surface area contributed by atoms with Crippen LogP contribution in [0.2, 0.25) is 0 Å². The highest BCUT2D eigenvalue weighted by Crippen LogP contribution is 2.27. The first-order valence-corrected chi connectivity index (χ1v) is 9.48. The Kier molecular flexibility index (Phi) is 6.03. The molecule has 0 N–H and O–H groups in total. The monoisotopic (exact) mass is 322 g/mol. The molecule has 1 saturated heterocycles. The average Bonchev–Trinajstić information content (AvgIpc) is 2.93. The molecular formula is C17H26N2O2S. The summed E-state index contributed by atoms with van der Waals surface area (Å²) in [5.41, 5.74) is 1.83. The van der Waals surface area contributed by atoms with Gasteiger partial charge in [-0.05, 0) is 51.9 Å². The summed E-state index contributed by atoms with van der Waals surface area (Å²) < 4.78 is 26.9. The Morgan fingerprint density at radius 2 is 1.95 bits per heavy atom. The maximum Gasteiger partial charge on any atom is 0.239 e. The number of unbranched alkanes of at least 4 members (excludes halogenated alkanes) is 1. The number of sulfonamides is 1. The molecule has 0 atom stereocenters. The Hall–Kier alpha value is -1.33. The zero-order valence-corrected chi connectivity index (χ0v) is 14.3. The molecule has 1 aliphatic heterocycles. The van der Waals surface area contributed by atoms with Crippen molar-refractivity contribution in [1.82, 2.24) is 9.21 Å². The predicted molar refractivity (Wildman–Crippen MR) is 90.9 cm³/mol. The molecule has 5 heteroatoms. The highest BCUT2D eigenvalue weighted by atomic mass is 32.2. The van der Waals surface area contributed by atoms with Crippen molar-refractivity contribution in [2.45, 2.75) is 31.4 Å². The van der Waals surface area contributed by atoms with Gasteiger partial charge in [0.25, 0.3) is 0 Å². The van der Waals surface area contributed by atoms with Gasteiger partial charge in [0.2, 0.25) is 10.0 Å². The van der Waals surface area contributed by atoms with Gasteiger partial charge in [-0.2, -0.15) is 0 Å². The zero-order valence-electron chi connectivity index (χ0n) is 13.5. The Bertz CT molecular complexity index is 594. The SMILES string of the molecule is CN(C)CCCC=C1CCCN1S(=O)(=O)Cc1ccccc1. The van der Waals surface area contributed by atoms with E-state index in [-0.39, 0.29) is 5.75 Å². The normalized spacial score (nSPS) is 17.6. The molecule has 0 aromatic heterocycles. The van der Waals surface area contributed by atoms with Crippen molar-refractivity contribution in [1.29, 1.82) is 0 Å². The molecule has 1 aromatic rings. The standard InChI is InChI=1S/C17H26N2O2S/c1-18(2)13-7-6-11-17-12-8-14-19(17)22(20,21)15-16-9-4-3-5-10-16/h3-5,9-11H,6-8,12-15H2,1-2H3. The van der Waals surface area contributed by atoms with Crippen LogP contribution in [0.5, 0.6) is 0 Å². The Labute approximate surface area is 134 Å². The lowest BCUT2D eigenvalue weighted by Gasteiger charge is -2.20. The molecule has 0 amide bonds. The van der Waals surface area contributed by atoms with Gasteiger partial charge in [-0.25, -0.2) is 8.42 Å². The van der Waals surface area contributed by atoms with Gasteiger partial charge in [-0.1, -0.05) is 36.4 Å². The summed E-state index contributed by atoms with van der Waals surface area (Å²) in [4.78, 5) is 2.15. The molecule has 1 fully saturated rings. The van der Waals surface area contributed by atoms with E-state index in [9.17, 15) is 8.42 Å². The molecule has 0 aliphatic carbocycles. The average molecular weight is 322 g/mol. The van der Waals surface area contributed by atoms with Crippen LogP contribution in [0.15, 0.2) is 42.1 Å². The van der Waals surface area contributed by atoms with Crippen LogP contribution >= 0.6 is 0 Å². The van der Waals surface area contributed by atoms with Crippen LogP contribution in [0.1, 0.15) is 31.2 Å². The Morgan fingerprint density at radius 3 is 2.64 bits per heavy atom. The van der Waals surface area contributed by atoms with Gasteiger partial charge < -0.3 is 4.90 Å². The molecule has 0 saturated carbocycles. The third-order valence-electron chi connectivity index (χ3n) is 3.83. The summed E-state index contributed by atoms with van der Waals surface area (Å²) in [5.74, 6) is 0.0862. The molecule has 4 nitrogen and oxygen atoms in total. The summed E-state index contributed by atoms with van der Waals surface area (Å²) in [7, 11) is 0.849. The second-order valence-electron chi connectivity index (χ2n) is 6.06. The second kappa shape index (κ2) is 7.79. The van der Waals surface area contributed by atoms with Crippen LogP contribution < -0.4 is 0 Å². The maximum absolute atomic E-state index is 12.6. The number of allylic oxidation sites excluding steroid dienone is 2. The molecule has 0 bridgehead atoms. The highest BCUT2D eigenvalue weighted by Gasteiger charge is 2.28. The fourth-order valence-corrected chi connectivity index (χ4v) is 4.43. The van der Waals surface area contributed by atoms with E-state index in [0.29, 0.717) is 6.54 Å². The van der Waals surface area contributed by atoms with Crippen molar-refractivity contribution in [3.05, 3.63) is 47.7 Å². The number of benzene rings is 1. The fraction of sp³-hybridized carbons (Fsp3) is 0.529. The predicted octanol–water partition coefficient (Wildman–Crippen LogP) is 2.84. The van der Waals surface area contributed by atoms with Gasteiger partial charge in [0, 0.05) is 12.2 Å². The Morgan fingerprint density at radius 1 is 1.23 bits per heavy atom. The van der Waals surface area contributed by atoms with Gasteiger partial charge in [0.05, 0.1) is 5.75 Å². The molecule has 1 heterocycles. The first kappa shape index (κ1) is 17.0. The largest absolute Gasteiger partial charge is 0.309 e. The lowest BCUT2D eigenvalue weighted by Crippen LogP contribution is -2.28. The summed E-state index contributed by atoms with van der Waals surface area (Å²) in [6, 6.07) is 9.41. The third kappa shape index (κ3) is 4.85. The van der Waals surface area contributed by atoms with Crippen molar-refractivity contribution >= 4 is 10.0 Å². The van der Waals surface area contributed by atoms with E-state index >= 15 is 0 Å². The van der Waals surface area contributed by atoms with Gasteiger partial charge in [0.15, 0.2) is 0 Å². The number of hydrogen-bond donors (Lipinski definition) is 0. The van der Waals surface area contributed by atoms with Crippen molar-refractivity contribution in [2.24, 2.45) is 0 Å². The van der Waals surface area contributed by atoms with Crippen molar-refractivity contribution in [3.8, 4) is 0 Å². The first-order valence-electron chi connectivity index (χ1n) is 7.87. The second-order valence-corrected chi connectivity index (χ2v) is 7.95. The quantitative estimate of drug-likeness (QED) is 0.725. The van der Waals surface area contributed by atoms with E-state index in [1.807, 2.05) is 30.3 Å². The summed E-state index contributed by atoms with van der Waals surface area (Å²) in [6.45, 7) is 1.65. The lowest BCUT2D eigenvalue weighted by molar-refractivity contribution is 0.401. The van der Waals surface area contributed by atoms with Crippen LogP contribution in [-0.4, -0.2) is 44.8 Å². The van der Waals surface area contributed by atoms with Crippen LogP contribution in [0.4, 0.5) is 0 Å². The third-order valence-corrected chi connectivity index (χ3v) is 5.62. The molecule has 0 unspecified atom stereocenters. The van der Waals surface area contributed by atoms with Crippen LogP contribution in [0, 0.1) is 0 Å². The molecule has 22 heavy (non-hydrogen) atoms. The van der Waals surface area contributed by atoms with E-state index in [2.05, 4.69) is 25.1 Å². The van der Waals surface area contributed by atoms with Gasteiger partial charge in [-0.3, -0.25) is 4.31 Å². The lowest BCUT2D eigenvalue weighted by atomic mass is 10.2. The topological polar surface area (TPSA) is 40.6 Å². The summed E-state index contributed by atoms with van der Waals surface area (Å²) in [6.07, 6.45) is 5.90. The maximum atomic E-state index is 12.6. The minimum atomic E-state index is -3.26. The molecule has 1 aliphatic rings. The van der Waals surface area contributed by atoms with Crippen molar-refractivity contribution in [3.63, 3.8) is 0 Å². The molecule has 0 spiro atoms. The smallest absolute Gasteiger partial charge is 0.239 e. The molecule has 0 radical (unpaired) electrons. The Balaban J connectivity index is 2.01. The molecule has 1 aromatic carbocycles. The molecule has 122 valence electrons. The van der Waals surface area contributed by atoms with E-state index in [4.69, 9.17) is 0 Å². The highest BCUT2D eigenvalue weighted by molar-refractivity contribution is 7.88. The number of nitrogens with zero attached hydrogens (tertiary/aromatic N) is 2. The van der Waals surface area contributed by atoms with Gasteiger partial charge >= 0.3 is 0 Å². The molecule has 2 rings (SSSR count). The fourth-order valence-electron chi connectivity index (χ4n) is 2.73. The van der Waals surface area contributed by atoms with Crippen LogP contribution in [-0.2, 0) is 15.8 Å². The van der Waals surface area contributed by atoms with Gasteiger partial charge in [0.1, 0.15) is 0 Å². The van der Waals surface area contributed by atoms with E-state index in [0.717, 1.165) is 43.5 Å². The van der Waals surface area contributed by atoms with Crippen molar-refractivity contribution < 1.29 is 8.42 Å².